The monoisotopic (exact) mass is 221 g/mol. The molecule has 0 amide bonds. The molecule has 1 aliphatic heterocycles. The molecule has 0 radical (unpaired) electrons. The molecule has 1 N–H and O–H groups in total. The normalized spacial score (nSPS) is 12.9. The van der Waals surface area contributed by atoms with Gasteiger partial charge in [-0.2, -0.15) is 0 Å². The van der Waals surface area contributed by atoms with Crippen molar-refractivity contribution in [3.8, 4) is 0 Å². The van der Waals surface area contributed by atoms with E-state index in [-0.39, 0.29) is 5.60 Å². The molecule has 0 unspecified atom stereocenters. The van der Waals surface area contributed by atoms with E-state index in [1.165, 1.54) is 17.7 Å². The number of rotatable bonds is 1. The first-order valence-electron chi connectivity index (χ1n) is 5.46. The molecule has 1 aliphatic rings. The molecule has 1 aromatic rings. The molecule has 1 heterocycles. The second-order valence-corrected chi connectivity index (χ2v) is 4.66. The summed E-state index contributed by atoms with van der Waals surface area (Å²) >= 11 is 0. The number of carbonyl (C=O) groups excluding carboxylic acids is 1. The lowest BCUT2D eigenvalue weighted by molar-refractivity contribution is -0.138. The molecule has 1 aromatic carbocycles. The first-order valence-corrected chi connectivity index (χ1v) is 5.46. The number of anilines is 1. The van der Waals surface area contributed by atoms with E-state index in [0.29, 0.717) is 6.47 Å². The van der Waals surface area contributed by atoms with Gasteiger partial charge in [-0.1, -0.05) is 18.2 Å². The fraction of sp³-hybridized carbons (Fsp3) is 0.462. The topological polar surface area (TPSA) is 38.3 Å². The van der Waals surface area contributed by atoms with Crippen molar-refractivity contribution in [3.63, 3.8) is 0 Å². The van der Waals surface area contributed by atoms with Crippen LogP contribution >= 0.6 is 0 Å². The number of hydrogen-bond donors (Lipinski definition) is 1. The molecular weight excluding hydrogens is 202 g/mol. The van der Waals surface area contributed by atoms with Gasteiger partial charge in [0.25, 0.3) is 6.47 Å². The molecule has 2 rings (SSSR count). The Labute approximate surface area is 96.8 Å². The van der Waals surface area contributed by atoms with Crippen molar-refractivity contribution in [2.45, 2.75) is 32.8 Å². The van der Waals surface area contributed by atoms with E-state index < -0.39 is 0 Å². The zero-order chi connectivity index (χ0) is 12.0. The lowest BCUT2D eigenvalue weighted by Crippen LogP contribution is -2.17. The van der Waals surface area contributed by atoms with Crippen LogP contribution in [0.3, 0.4) is 0 Å². The predicted molar refractivity (Wildman–Crippen MR) is 65.5 cm³/mol. The average Bonchev–Trinajstić information content (AvgIpc) is 2.64. The van der Waals surface area contributed by atoms with Crippen molar-refractivity contribution in [1.82, 2.24) is 0 Å². The van der Waals surface area contributed by atoms with E-state index in [0.717, 1.165) is 6.54 Å². The summed E-state index contributed by atoms with van der Waals surface area (Å²) in [5.41, 5.74) is 2.46. The van der Waals surface area contributed by atoms with Gasteiger partial charge >= 0.3 is 0 Å². The molecule has 88 valence electrons. The third-order valence-corrected chi connectivity index (χ3v) is 2.13. The highest BCUT2D eigenvalue weighted by Gasteiger charge is 2.07. The second kappa shape index (κ2) is 5.54. The third-order valence-electron chi connectivity index (χ3n) is 2.13. The summed E-state index contributed by atoms with van der Waals surface area (Å²) in [6.45, 7) is 7.03. The van der Waals surface area contributed by atoms with Gasteiger partial charge in [0.15, 0.2) is 0 Å². The number of hydrogen-bond acceptors (Lipinski definition) is 3. The maximum Gasteiger partial charge on any atom is 0.293 e. The summed E-state index contributed by atoms with van der Waals surface area (Å²) in [6, 6.07) is 8.46. The van der Waals surface area contributed by atoms with Crippen molar-refractivity contribution < 1.29 is 9.53 Å². The van der Waals surface area contributed by atoms with Crippen LogP contribution in [-0.2, 0) is 16.0 Å². The van der Waals surface area contributed by atoms with Crippen LogP contribution in [0.1, 0.15) is 26.3 Å². The Morgan fingerprint density at radius 2 is 2.00 bits per heavy atom. The summed E-state index contributed by atoms with van der Waals surface area (Å²) in [5.74, 6) is 0. The largest absolute Gasteiger partial charge is 0.462 e. The summed E-state index contributed by atoms with van der Waals surface area (Å²) in [5, 5.41) is 3.30. The van der Waals surface area contributed by atoms with E-state index in [9.17, 15) is 4.79 Å². The number of carbonyl (C=O) groups is 1. The van der Waals surface area contributed by atoms with E-state index in [1.54, 1.807) is 0 Å². The fourth-order valence-electron chi connectivity index (χ4n) is 1.39. The first kappa shape index (κ1) is 12.6. The van der Waals surface area contributed by atoms with Gasteiger partial charge < -0.3 is 10.1 Å². The summed E-state index contributed by atoms with van der Waals surface area (Å²) in [7, 11) is 0. The predicted octanol–water partition coefficient (Wildman–Crippen LogP) is 2.61. The molecule has 0 spiro atoms. The quantitative estimate of drug-likeness (QED) is 0.741. The zero-order valence-electron chi connectivity index (χ0n) is 10.1. The maximum atomic E-state index is 9.60. The van der Waals surface area contributed by atoms with Gasteiger partial charge in [0.2, 0.25) is 0 Å². The fourth-order valence-corrected chi connectivity index (χ4v) is 1.39. The Morgan fingerprint density at radius 3 is 2.50 bits per heavy atom. The van der Waals surface area contributed by atoms with Crippen LogP contribution in [0, 0.1) is 0 Å². The van der Waals surface area contributed by atoms with Gasteiger partial charge in [-0.05, 0) is 38.8 Å². The van der Waals surface area contributed by atoms with Crippen molar-refractivity contribution >= 4 is 12.2 Å². The molecular formula is C13H19NO2. The van der Waals surface area contributed by atoms with Crippen molar-refractivity contribution in [3.05, 3.63) is 29.8 Å². The van der Waals surface area contributed by atoms with Gasteiger partial charge in [-0.25, -0.2) is 0 Å². The first-order chi connectivity index (χ1) is 7.53. The highest BCUT2D eigenvalue weighted by molar-refractivity contribution is 5.54. The molecule has 0 fully saturated rings. The van der Waals surface area contributed by atoms with Crippen LogP contribution in [0.25, 0.3) is 0 Å². The minimum absolute atomic E-state index is 0.318. The Bertz CT molecular complexity index is 319. The van der Waals surface area contributed by atoms with Gasteiger partial charge in [-0.15, -0.1) is 0 Å². The van der Waals surface area contributed by atoms with E-state index in [4.69, 9.17) is 0 Å². The standard InChI is InChI=1S/C8H9N.C5H10O2/c1-2-4-8-7(3-1)5-6-9-8;1-5(2,3)7-4-6/h1-4,9H,5-6H2;4H,1-3H3. The number of ether oxygens (including phenoxy) is 1. The molecule has 0 saturated heterocycles. The highest BCUT2D eigenvalue weighted by atomic mass is 16.5. The number of para-hydroxylation sites is 1. The highest BCUT2D eigenvalue weighted by Crippen LogP contribution is 2.19. The van der Waals surface area contributed by atoms with E-state index in [2.05, 4.69) is 34.3 Å². The van der Waals surface area contributed by atoms with Crippen LogP contribution in [0.5, 0.6) is 0 Å². The molecule has 0 aliphatic carbocycles. The summed E-state index contributed by atoms with van der Waals surface area (Å²) < 4.78 is 4.55. The van der Waals surface area contributed by atoms with Crippen LogP contribution in [0.4, 0.5) is 5.69 Å². The SMILES string of the molecule is CC(C)(C)OC=O.c1ccc2c(c1)CCN2. The molecule has 0 atom stereocenters. The Morgan fingerprint density at radius 1 is 1.31 bits per heavy atom. The van der Waals surface area contributed by atoms with Gasteiger partial charge in [-0.3, -0.25) is 4.79 Å². The van der Waals surface area contributed by atoms with Crippen molar-refractivity contribution in [2.75, 3.05) is 11.9 Å². The number of nitrogens with one attached hydrogen (secondary N) is 1. The molecule has 0 aromatic heterocycles. The van der Waals surface area contributed by atoms with Gasteiger partial charge in [0.1, 0.15) is 5.60 Å². The maximum absolute atomic E-state index is 9.60. The number of benzene rings is 1. The Balaban J connectivity index is 0.000000168. The van der Waals surface area contributed by atoms with Crippen LogP contribution < -0.4 is 5.32 Å². The Hall–Kier alpha value is -1.51. The van der Waals surface area contributed by atoms with Crippen LogP contribution in [0.2, 0.25) is 0 Å². The molecule has 16 heavy (non-hydrogen) atoms. The van der Waals surface area contributed by atoms with E-state index in [1.807, 2.05) is 20.8 Å². The van der Waals surface area contributed by atoms with Crippen molar-refractivity contribution in [1.29, 1.82) is 0 Å². The van der Waals surface area contributed by atoms with E-state index >= 15 is 0 Å². The summed E-state index contributed by atoms with van der Waals surface area (Å²) in [6.07, 6.45) is 1.19. The lowest BCUT2D eigenvalue weighted by atomic mass is 10.2. The lowest BCUT2D eigenvalue weighted by Gasteiger charge is -2.14. The second-order valence-electron chi connectivity index (χ2n) is 4.66. The molecule has 0 bridgehead atoms. The summed E-state index contributed by atoms with van der Waals surface area (Å²) in [4.78, 5) is 9.60. The smallest absolute Gasteiger partial charge is 0.293 e. The Kier molecular flexibility index (Phi) is 4.35. The van der Waals surface area contributed by atoms with Gasteiger partial charge in [0.05, 0.1) is 0 Å². The van der Waals surface area contributed by atoms with Crippen molar-refractivity contribution in [2.24, 2.45) is 0 Å². The number of fused-ring (bicyclic) bond motifs is 1. The zero-order valence-corrected chi connectivity index (χ0v) is 10.1. The van der Waals surface area contributed by atoms with Crippen LogP contribution in [0.15, 0.2) is 24.3 Å². The van der Waals surface area contributed by atoms with Gasteiger partial charge in [0, 0.05) is 12.2 Å². The molecule has 3 nitrogen and oxygen atoms in total. The molecule has 3 heteroatoms. The minimum Gasteiger partial charge on any atom is -0.462 e. The third kappa shape index (κ3) is 4.34. The average molecular weight is 221 g/mol. The van der Waals surface area contributed by atoms with Crippen LogP contribution in [-0.4, -0.2) is 18.6 Å². The minimum atomic E-state index is -0.318. The molecule has 0 saturated carbocycles.